The van der Waals surface area contributed by atoms with Crippen molar-refractivity contribution in [1.29, 1.82) is 0 Å². The highest BCUT2D eigenvalue weighted by Gasteiger charge is 2.38. The second-order valence-electron chi connectivity index (χ2n) is 7.50. The Morgan fingerprint density at radius 2 is 1.96 bits per heavy atom. The van der Waals surface area contributed by atoms with Crippen LogP contribution in [0.4, 0.5) is 0 Å². The third-order valence-electron chi connectivity index (χ3n) is 4.53. The minimum absolute atomic E-state index is 0.0292. The van der Waals surface area contributed by atoms with Gasteiger partial charge in [0.2, 0.25) is 11.8 Å². The van der Waals surface area contributed by atoms with Crippen molar-refractivity contribution in [2.45, 2.75) is 77.3 Å². The van der Waals surface area contributed by atoms with Gasteiger partial charge in [0, 0.05) is 12.3 Å². The van der Waals surface area contributed by atoms with Crippen molar-refractivity contribution in [3.05, 3.63) is 29.6 Å². The summed E-state index contributed by atoms with van der Waals surface area (Å²) in [6.07, 6.45) is 7.44. The van der Waals surface area contributed by atoms with E-state index in [4.69, 9.17) is 8.94 Å². The van der Waals surface area contributed by atoms with Gasteiger partial charge >= 0.3 is 0 Å². The molecular weight excluding hydrogens is 292 g/mol. The lowest BCUT2D eigenvalue weighted by molar-refractivity contribution is 0.202. The van der Waals surface area contributed by atoms with E-state index in [2.05, 4.69) is 41.2 Å². The van der Waals surface area contributed by atoms with Crippen molar-refractivity contribution in [2.24, 2.45) is 0 Å². The second-order valence-corrected chi connectivity index (χ2v) is 7.50. The minimum atomic E-state index is -0.230. The van der Waals surface area contributed by atoms with Gasteiger partial charge in [-0.1, -0.05) is 45.2 Å². The van der Waals surface area contributed by atoms with E-state index in [1.54, 1.807) is 0 Å². The monoisotopic (exact) mass is 318 g/mol. The van der Waals surface area contributed by atoms with E-state index in [0.717, 1.165) is 24.4 Å². The van der Waals surface area contributed by atoms with Crippen LogP contribution in [0.15, 0.2) is 15.1 Å². The molecule has 6 nitrogen and oxygen atoms in total. The van der Waals surface area contributed by atoms with Crippen molar-refractivity contribution >= 4 is 0 Å². The molecular formula is C17H26N4O2. The van der Waals surface area contributed by atoms with Crippen LogP contribution in [0.5, 0.6) is 0 Å². The Morgan fingerprint density at radius 3 is 2.52 bits per heavy atom. The van der Waals surface area contributed by atoms with Crippen LogP contribution < -0.4 is 5.32 Å². The minimum Gasteiger partial charge on any atom is -0.444 e. The normalized spacial score (nSPS) is 18.3. The fourth-order valence-corrected chi connectivity index (χ4v) is 3.11. The van der Waals surface area contributed by atoms with Crippen LogP contribution in [0.3, 0.4) is 0 Å². The number of hydrogen-bond donors (Lipinski definition) is 1. The van der Waals surface area contributed by atoms with Crippen molar-refractivity contribution in [2.75, 3.05) is 0 Å². The predicted octanol–water partition coefficient (Wildman–Crippen LogP) is 3.61. The highest BCUT2D eigenvalue weighted by Crippen LogP contribution is 2.36. The van der Waals surface area contributed by atoms with Gasteiger partial charge in [-0.2, -0.15) is 4.98 Å². The summed E-state index contributed by atoms with van der Waals surface area (Å²) >= 11 is 0. The summed E-state index contributed by atoms with van der Waals surface area (Å²) in [6, 6.07) is 0. The van der Waals surface area contributed by atoms with E-state index < -0.39 is 0 Å². The summed E-state index contributed by atoms with van der Waals surface area (Å²) in [7, 11) is 0. The molecule has 0 atom stereocenters. The molecule has 0 bridgehead atoms. The molecule has 126 valence electrons. The highest BCUT2D eigenvalue weighted by atomic mass is 16.5. The lowest BCUT2D eigenvalue weighted by atomic mass is 9.81. The zero-order valence-electron chi connectivity index (χ0n) is 14.5. The maximum Gasteiger partial charge on any atom is 0.223 e. The van der Waals surface area contributed by atoms with E-state index in [0.29, 0.717) is 18.3 Å². The van der Waals surface area contributed by atoms with Crippen molar-refractivity contribution in [3.63, 3.8) is 0 Å². The molecule has 1 aliphatic rings. The van der Waals surface area contributed by atoms with Crippen molar-refractivity contribution < 1.29 is 8.94 Å². The maximum atomic E-state index is 5.89. The Kier molecular flexibility index (Phi) is 4.27. The average molecular weight is 318 g/mol. The standard InChI is InChI=1S/C17H26N4O2/c1-12-20-15(21-23-12)17(8-6-5-7-9-17)19-11-14-18-10-13(22-14)16(2,3)4/h10,19H,5-9,11H2,1-4H3. The molecule has 23 heavy (non-hydrogen) atoms. The molecule has 1 aliphatic carbocycles. The Bertz CT molecular complexity index is 648. The molecule has 2 aromatic rings. The number of aryl methyl sites for hydroxylation is 1. The van der Waals surface area contributed by atoms with E-state index in [-0.39, 0.29) is 11.0 Å². The average Bonchev–Trinajstić information content (AvgIpc) is 3.15. The highest BCUT2D eigenvalue weighted by molar-refractivity contribution is 5.09. The zero-order chi connectivity index (χ0) is 16.5. The third-order valence-corrected chi connectivity index (χ3v) is 4.53. The Labute approximate surface area is 137 Å². The van der Waals surface area contributed by atoms with Gasteiger partial charge in [-0.25, -0.2) is 4.98 Å². The van der Waals surface area contributed by atoms with E-state index >= 15 is 0 Å². The largest absolute Gasteiger partial charge is 0.444 e. The topological polar surface area (TPSA) is 77.0 Å². The summed E-state index contributed by atoms with van der Waals surface area (Å²) in [5.41, 5.74) is -0.259. The van der Waals surface area contributed by atoms with Crippen LogP contribution >= 0.6 is 0 Å². The molecule has 1 N–H and O–H groups in total. The molecule has 0 aromatic carbocycles. The van der Waals surface area contributed by atoms with Crippen LogP contribution in [0.2, 0.25) is 0 Å². The smallest absolute Gasteiger partial charge is 0.223 e. The maximum absolute atomic E-state index is 5.89. The van der Waals surface area contributed by atoms with Gasteiger partial charge in [0.1, 0.15) is 5.76 Å². The van der Waals surface area contributed by atoms with Crippen LogP contribution in [0.25, 0.3) is 0 Å². The van der Waals surface area contributed by atoms with E-state index in [1.807, 2.05) is 13.1 Å². The van der Waals surface area contributed by atoms with Crippen molar-refractivity contribution in [3.8, 4) is 0 Å². The number of nitrogens with one attached hydrogen (secondary N) is 1. The van der Waals surface area contributed by atoms with Gasteiger partial charge in [-0.3, -0.25) is 5.32 Å². The molecule has 2 heterocycles. The van der Waals surface area contributed by atoms with E-state index in [9.17, 15) is 0 Å². The first kappa shape index (κ1) is 16.2. The molecule has 0 spiro atoms. The molecule has 0 radical (unpaired) electrons. The molecule has 0 amide bonds. The molecule has 6 heteroatoms. The van der Waals surface area contributed by atoms with Gasteiger partial charge in [-0.05, 0) is 12.8 Å². The first-order valence-corrected chi connectivity index (χ1v) is 8.40. The summed E-state index contributed by atoms with van der Waals surface area (Å²) < 4.78 is 11.1. The fourth-order valence-electron chi connectivity index (χ4n) is 3.11. The number of aromatic nitrogens is 3. The molecule has 0 aliphatic heterocycles. The molecule has 0 saturated heterocycles. The quantitative estimate of drug-likeness (QED) is 0.928. The van der Waals surface area contributed by atoms with E-state index in [1.165, 1.54) is 19.3 Å². The van der Waals surface area contributed by atoms with Gasteiger partial charge < -0.3 is 8.94 Å². The molecule has 1 fully saturated rings. The number of hydrogen-bond acceptors (Lipinski definition) is 6. The number of rotatable bonds is 4. The lowest BCUT2D eigenvalue weighted by Crippen LogP contribution is -2.44. The van der Waals surface area contributed by atoms with Crippen LogP contribution in [-0.4, -0.2) is 15.1 Å². The van der Waals surface area contributed by atoms with Gasteiger partial charge in [0.25, 0.3) is 0 Å². The van der Waals surface area contributed by atoms with Crippen molar-refractivity contribution in [1.82, 2.24) is 20.4 Å². The molecule has 3 rings (SSSR count). The summed E-state index contributed by atoms with van der Waals surface area (Å²) in [5.74, 6) is 2.98. The zero-order valence-corrected chi connectivity index (χ0v) is 14.5. The van der Waals surface area contributed by atoms with Gasteiger partial charge in [-0.15, -0.1) is 0 Å². The second kappa shape index (κ2) is 6.07. The Morgan fingerprint density at radius 1 is 1.22 bits per heavy atom. The molecule has 2 aromatic heterocycles. The van der Waals surface area contributed by atoms with Crippen LogP contribution in [0, 0.1) is 6.92 Å². The first-order chi connectivity index (χ1) is 10.9. The summed E-state index contributed by atoms with van der Waals surface area (Å²) in [4.78, 5) is 8.88. The van der Waals surface area contributed by atoms with Gasteiger partial charge in [0.05, 0.1) is 18.3 Å². The summed E-state index contributed by atoms with van der Waals surface area (Å²) in [6.45, 7) is 8.76. The van der Waals surface area contributed by atoms with Crippen LogP contribution in [-0.2, 0) is 17.5 Å². The van der Waals surface area contributed by atoms with Crippen LogP contribution in [0.1, 0.15) is 76.2 Å². The van der Waals surface area contributed by atoms with Gasteiger partial charge in [0.15, 0.2) is 5.82 Å². The third kappa shape index (κ3) is 3.47. The fraction of sp³-hybridized carbons (Fsp3) is 0.706. The lowest BCUT2D eigenvalue weighted by Gasteiger charge is -2.35. The Balaban J connectivity index is 1.76. The number of nitrogens with zero attached hydrogens (tertiary/aromatic N) is 3. The SMILES string of the molecule is Cc1nc(C2(NCc3ncc(C(C)(C)C)o3)CCCCC2)no1. The summed E-state index contributed by atoms with van der Waals surface area (Å²) in [5, 5.41) is 7.77. The Hall–Kier alpha value is -1.69. The predicted molar refractivity (Wildman–Crippen MR) is 85.8 cm³/mol. The molecule has 1 saturated carbocycles. The molecule has 0 unspecified atom stereocenters. The first-order valence-electron chi connectivity index (χ1n) is 8.40. The number of oxazole rings is 1.